The maximum absolute atomic E-state index is 13.6. The largest absolute Gasteiger partial charge is 0.271 e. The summed E-state index contributed by atoms with van der Waals surface area (Å²) in [5, 5.41) is 0. The molecular formula is C15H16BrFN2. The highest BCUT2D eigenvalue weighted by atomic mass is 79.9. The second-order valence-electron chi connectivity index (χ2n) is 4.34. The lowest BCUT2D eigenvalue weighted by molar-refractivity contribution is 0.597. The summed E-state index contributed by atoms with van der Waals surface area (Å²) in [6.45, 7) is 2.11. The van der Waals surface area contributed by atoms with E-state index in [4.69, 9.17) is 5.84 Å². The molecule has 2 aromatic carbocycles. The smallest absolute Gasteiger partial charge is 0.137 e. The number of halogens is 2. The predicted octanol–water partition coefficient (Wildman–Crippen LogP) is 3.70. The molecule has 0 saturated carbocycles. The summed E-state index contributed by atoms with van der Waals surface area (Å²) >= 11 is 3.28. The third-order valence-corrected chi connectivity index (χ3v) is 4.02. The lowest BCUT2D eigenvalue weighted by atomic mass is 9.98. The van der Waals surface area contributed by atoms with E-state index < -0.39 is 0 Å². The van der Waals surface area contributed by atoms with Gasteiger partial charge in [0.1, 0.15) is 5.82 Å². The molecule has 19 heavy (non-hydrogen) atoms. The number of hydrogen-bond donors (Lipinski definition) is 2. The Labute approximate surface area is 120 Å². The van der Waals surface area contributed by atoms with Gasteiger partial charge in [-0.2, -0.15) is 0 Å². The molecular weight excluding hydrogens is 307 g/mol. The van der Waals surface area contributed by atoms with Crippen LogP contribution in [0.2, 0.25) is 0 Å². The van der Waals surface area contributed by atoms with Crippen LogP contribution in [-0.4, -0.2) is 0 Å². The van der Waals surface area contributed by atoms with Crippen LogP contribution in [0.25, 0.3) is 0 Å². The van der Waals surface area contributed by atoms with Crippen LogP contribution in [0.3, 0.4) is 0 Å². The van der Waals surface area contributed by atoms with E-state index in [9.17, 15) is 4.39 Å². The van der Waals surface area contributed by atoms with E-state index >= 15 is 0 Å². The van der Waals surface area contributed by atoms with E-state index in [0.29, 0.717) is 4.47 Å². The third-order valence-electron chi connectivity index (χ3n) is 3.18. The van der Waals surface area contributed by atoms with Crippen LogP contribution in [0.1, 0.15) is 29.7 Å². The number of hydrazine groups is 1. The minimum absolute atomic E-state index is 0.240. The van der Waals surface area contributed by atoms with Gasteiger partial charge in [-0.05, 0) is 45.1 Å². The molecule has 0 amide bonds. The Kier molecular flexibility index (Phi) is 4.69. The van der Waals surface area contributed by atoms with Gasteiger partial charge in [-0.25, -0.2) is 9.82 Å². The monoisotopic (exact) mass is 322 g/mol. The lowest BCUT2D eigenvalue weighted by Crippen LogP contribution is -2.29. The molecule has 0 spiro atoms. The minimum atomic E-state index is -0.289. The van der Waals surface area contributed by atoms with Crippen molar-refractivity contribution in [3.05, 3.63) is 69.4 Å². The van der Waals surface area contributed by atoms with Gasteiger partial charge in [-0.1, -0.05) is 43.3 Å². The Morgan fingerprint density at radius 3 is 2.47 bits per heavy atom. The zero-order chi connectivity index (χ0) is 13.8. The standard InChI is InChI=1S/C15H16BrFN2/c1-2-10-6-8-11(9-7-10)15(19-18)12-4-3-5-13(17)14(12)16/h3-9,15,19H,2,18H2,1H3. The van der Waals surface area contributed by atoms with E-state index in [-0.39, 0.29) is 11.9 Å². The van der Waals surface area contributed by atoms with Crippen molar-refractivity contribution in [2.75, 3.05) is 0 Å². The molecule has 0 aromatic heterocycles. The number of benzene rings is 2. The molecule has 0 bridgehead atoms. The SMILES string of the molecule is CCc1ccc(C(NN)c2cccc(F)c2Br)cc1. The van der Waals surface area contributed by atoms with E-state index in [1.165, 1.54) is 11.6 Å². The van der Waals surface area contributed by atoms with Gasteiger partial charge in [0.25, 0.3) is 0 Å². The van der Waals surface area contributed by atoms with Gasteiger partial charge in [-0.3, -0.25) is 5.84 Å². The third kappa shape index (κ3) is 3.03. The average Bonchev–Trinajstić information content (AvgIpc) is 2.45. The fourth-order valence-electron chi connectivity index (χ4n) is 2.05. The summed E-state index contributed by atoms with van der Waals surface area (Å²) in [5.41, 5.74) is 5.79. The highest BCUT2D eigenvalue weighted by molar-refractivity contribution is 9.10. The molecule has 4 heteroatoms. The Bertz CT molecular complexity index is 555. The van der Waals surface area contributed by atoms with Crippen molar-refractivity contribution in [3.8, 4) is 0 Å². The van der Waals surface area contributed by atoms with Crippen LogP contribution in [0.4, 0.5) is 4.39 Å². The average molecular weight is 323 g/mol. The summed E-state index contributed by atoms with van der Waals surface area (Å²) in [4.78, 5) is 0. The van der Waals surface area contributed by atoms with Crippen LogP contribution in [0.15, 0.2) is 46.9 Å². The first-order chi connectivity index (χ1) is 9.17. The van der Waals surface area contributed by atoms with Crippen LogP contribution in [-0.2, 0) is 6.42 Å². The Morgan fingerprint density at radius 2 is 1.89 bits per heavy atom. The first-order valence-electron chi connectivity index (χ1n) is 6.16. The zero-order valence-corrected chi connectivity index (χ0v) is 12.2. The molecule has 1 unspecified atom stereocenters. The number of nitrogens with one attached hydrogen (secondary N) is 1. The lowest BCUT2D eigenvalue weighted by Gasteiger charge is -2.19. The summed E-state index contributed by atoms with van der Waals surface area (Å²) in [5.74, 6) is 5.34. The maximum atomic E-state index is 13.6. The van der Waals surface area contributed by atoms with Crippen LogP contribution >= 0.6 is 15.9 Å². The number of aryl methyl sites for hydroxylation is 1. The van der Waals surface area contributed by atoms with Crippen molar-refractivity contribution in [1.29, 1.82) is 0 Å². The Morgan fingerprint density at radius 1 is 1.21 bits per heavy atom. The number of hydrogen-bond acceptors (Lipinski definition) is 2. The van der Waals surface area contributed by atoms with Gasteiger partial charge in [0.05, 0.1) is 10.5 Å². The van der Waals surface area contributed by atoms with Crippen molar-refractivity contribution < 1.29 is 4.39 Å². The summed E-state index contributed by atoms with van der Waals surface area (Å²) in [6.07, 6.45) is 0.991. The topological polar surface area (TPSA) is 38.0 Å². The molecule has 0 aliphatic heterocycles. The number of nitrogens with two attached hydrogens (primary N) is 1. The summed E-state index contributed by atoms with van der Waals surface area (Å²) in [7, 11) is 0. The summed E-state index contributed by atoms with van der Waals surface area (Å²) in [6, 6.07) is 12.9. The molecule has 0 fully saturated rings. The zero-order valence-electron chi connectivity index (χ0n) is 10.7. The Hall–Kier alpha value is -1.23. The molecule has 0 radical (unpaired) electrons. The highest BCUT2D eigenvalue weighted by Gasteiger charge is 2.17. The molecule has 100 valence electrons. The molecule has 1 atom stereocenters. The van der Waals surface area contributed by atoms with Gasteiger partial charge in [0, 0.05) is 0 Å². The quantitative estimate of drug-likeness (QED) is 0.665. The molecule has 2 rings (SSSR count). The van der Waals surface area contributed by atoms with Crippen molar-refractivity contribution in [1.82, 2.24) is 5.43 Å². The number of rotatable bonds is 4. The second-order valence-corrected chi connectivity index (χ2v) is 5.13. The maximum Gasteiger partial charge on any atom is 0.137 e. The van der Waals surface area contributed by atoms with Crippen LogP contribution in [0, 0.1) is 5.82 Å². The normalized spacial score (nSPS) is 12.4. The van der Waals surface area contributed by atoms with E-state index in [1.807, 2.05) is 18.2 Å². The van der Waals surface area contributed by atoms with Crippen molar-refractivity contribution in [2.45, 2.75) is 19.4 Å². The first-order valence-corrected chi connectivity index (χ1v) is 6.95. The minimum Gasteiger partial charge on any atom is -0.271 e. The highest BCUT2D eigenvalue weighted by Crippen LogP contribution is 2.30. The van der Waals surface area contributed by atoms with Crippen molar-refractivity contribution >= 4 is 15.9 Å². The molecule has 0 saturated heterocycles. The van der Waals surface area contributed by atoms with E-state index in [0.717, 1.165) is 17.5 Å². The molecule has 2 aromatic rings. The molecule has 2 nitrogen and oxygen atoms in total. The van der Waals surface area contributed by atoms with Crippen molar-refractivity contribution in [3.63, 3.8) is 0 Å². The van der Waals surface area contributed by atoms with Crippen molar-refractivity contribution in [2.24, 2.45) is 5.84 Å². The van der Waals surface area contributed by atoms with E-state index in [2.05, 4.69) is 40.4 Å². The predicted molar refractivity (Wildman–Crippen MR) is 79.1 cm³/mol. The van der Waals surface area contributed by atoms with Gasteiger partial charge < -0.3 is 0 Å². The Balaban J connectivity index is 2.40. The van der Waals surface area contributed by atoms with Crippen LogP contribution in [0.5, 0.6) is 0 Å². The first kappa shape index (κ1) is 14.2. The van der Waals surface area contributed by atoms with Crippen LogP contribution < -0.4 is 11.3 Å². The second kappa shape index (κ2) is 6.28. The van der Waals surface area contributed by atoms with Gasteiger partial charge >= 0.3 is 0 Å². The fourth-order valence-corrected chi connectivity index (χ4v) is 2.55. The molecule has 3 N–H and O–H groups in total. The molecule has 0 aliphatic rings. The van der Waals surface area contributed by atoms with Gasteiger partial charge in [0.15, 0.2) is 0 Å². The van der Waals surface area contributed by atoms with E-state index in [1.54, 1.807) is 6.07 Å². The fraction of sp³-hybridized carbons (Fsp3) is 0.200. The molecule has 0 aliphatic carbocycles. The van der Waals surface area contributed by atoms with Gasteiger partial charge in [0.2, 0.25) is 0 Å². The molecule has 0 heterocycles. The summed E-state index contributed by atoms with van der Waals surface area (Å²) < 4.78 is 14.0. The van der Waals surface area contributed by atoms with Gasteiger partial charge in [-0.15, -0.1) is 0 Å².